The molecule has 0 radical (unpaired) electrons. The first-order valence-electron chi connectivity index (χ1n) is 6.78. The molecule has 0 saturated carbocycles. The Balaban J connectivity index is 2.63. The van der Waals surface area contributed by atoms with Crippen LogP contribution in [0.15, 0.2) is 24.3 Å². The smallest absolute Gasteiger partial charge is 0.225 e. The van der Waals surface area contributed by atoms with Crippen LogP contribution in [0.2, 0.25) is 0 Å². The van der Waals surface area contributed by atoms with Crippen molar-refractivity contribution in [2.75, 3.05) is 26.0 Å². The highest BCUT2D eigenvalue weighted by molar-refractivity contribution is 5.91. The normalized spacial score (nSPS) is 12.5. The van der Waals surface area contributed by atoms with E-state index in [0.29, 0.717) is 6.42 Å². The zero-order chi connectivity index (χ0) is 14.3. The predicted molar refractivity (Wildman–Crippen MR) is 80.2 cm³/mol. The van der Waals surface area contributed by atoms with E-state index in [1.807, 2.05) is 52.2 Å². The monoisotopic (exact) mass is 263 g/mol. The van der Waals surface area contributed by atoms with Crippen molar-refractivity contribution in [3.05, 3.63) is 29.8 Å². The average molecular weight is 263 g/mol. The minimum atomic E-state index is 0.0552. The molecule has 0 fully saturated rings. The Hall–Kier alpha value is -1.39. The highest BCUT2D eigenvalue weighted by Gasteiger charge is 2.10. The van der Waals surface area contributed by atoms with Crippen molar-refractivity contribution in [3.63, 3.8) is 0 Å². The molecule has 1 aromatic rings. The summed E-state index contributed by atoms with van der Waals surface area (Å²) in [7, 11) is 4.04. The number of rotatable bonds is 7. The third kappa shape index (κ3) is 5.85. The van der Waals surface area contributed by atoms with Crippen molar-refractivity contribution in [2.45, 2.75) is 32.9 Å². The Morgan fingerprint density at radius 2 is 2.00 bits per heavy atom. The van der Waals surface area contributed by atoms with Gasteiger partial charge in [0.2, 0.25) is 5.91 Å². The molecule has 0 aliphatic heterocycles. The topological polar surface area (TPSA) is 44.4 Å². The van der Waals surface area contributed by atoms with Crippen LogP contribution in [0.4, 0.5) is 5.69 Å². The van der Waals surface area contributed by atoms with Gasteiger partial charge in [0, 0.05) is 24.7 Å². The number of hydrogen-bond acceptors (Lipinski definition) is 3. The fraction of sp³-hybridized carbons (Fsp3) is 0.533. The number of amides is 1. The van der Waals surface area contributed by atoms with E-state index in [9.17, 15) is 4.79 Å². The van der Waals surface area contributed by atoms with E-state index in [1.165, 1.54) is 0 Å². The van der Waals surface area contributed by atoms with Crippen LogP contribution in [0.1, 0.15) is 25.8 Å². The third-order valence-corrected chi connectivity index (χ3v) is 2.82. The van der Waals surface area contributed by atoms with Crippen LogP contribution in [0.25, 0.3) is 0 Å². The lowest BCUT2D eigenvalue weighted by molar-refractivity contribution is -0.116. The van der Waals surface area contributed by atoms with Crippen molar-refractivity contribution >= 4 is 11.6 Å². The van der Waals surface area contributed by atoms with Gasteiger partial charge in [-0.1, -0.05) is 25.1 Å². The Morgan fingerprint density at radius 1 is 1.32 bits per heavy atom. The molecule has 1 unspecified atom stereocenters. The first-order valence-corrected chi connectivity index (χ1v) is 6.78. The third-order valence-electron chi connectivity index (χ3n) is 2.82. The Kier molecular flexibility index (Phi) is 6.53. The molecule has 4 heteroatoms. The molecule has 0 aliphatic rings. The van der Waals surface area contributed by atoms with Crippen molar-refractivity contribution < 1.29 is 4.79 Å². The zero-order valence-corrected chi connectivity index (χ0v) is 12.4. The summed E-state index contributed by atoms with van der Waals surface area (Å²) in [5.74, 6) is 0.0552. The second-order valence-corrected chi connectivity index (χ2v) is 5.11. The highest BCUT2D eigenvalue weighted by atomic mass is 16.1. The molecule has 0 saturated heterocycles. The molecule has 1 aromatic carbocycles. The first kappa shape index (κ1) is 15.7. The van der Waals surface area contributed by atoms with Gasteiger partial charge in [-0.2, -0.15) is 0 Å². The first-order chi connectivity index (χ1) is 9.02. The molecule has 0 bridgehead atoms. The molecule has 0 aromatic heterocycles. The second kappa shape index (κ2) is 7.92. The standard InChI is InChI=1S/C15H25N3O/c1-5-16-12(2)10-15(19)17-14-9-7-6-8-13(14)11-18(3)4/h6-9,12,16H,5,10-11H2,1-4H3,(H,17,19). The molecule has 0 heterocycles. The van der Waals surface area contributed by atoms with Crippen LogP contribution in [0.5, 0.6) is 0 Å². The van der Waals surface area contributed by atoms with Gasteiger partial charge < -0.3 is 15.5 Å². The van der Waals surface area contributed by atoms with Gasteiger partial charge >= 0.3 is 0 Å². The summed E-state index contributed by atoms with van der Waals surface area (Å²) in [5.41, 5.74) is 2.04. The van der Waals surface area contributed by atoms with E-state index in [-0.39, 0.29) is 11.9 Å². The molecule has 4 nitrogen and oxygen atoms in total. The Labute approximate surface area is 116 Å². The molecular formula is C15H25N3O. The van der Waals surface area contributed by atoms with Crippen molar-refractivity contribution in [1.82, 2.24) is 10.2 Å². The minimum Gasteiger partial charge on any atom is -0.326 e. The summed E-state index contributed by atoms with van der Waals surface area (Å²) in [4.78, 5) is 14.1. The Bertz CT molecular complexity index is 404. The van der Waals surface area contributed by atoms with Gasteiger partial charge in [-0.25, -0.2) is 0 Å². The molecule has 1 amide bonds. The quantitative estimate of drug-likeness (QED) is 0.791. The van der Waals surface area contributed by atoms with Crippen LogP contribution in [-0.2, 0) is 11.3 Å². The maximum atomic E-state index is 12.0. The van der Waals surface area contributed by atoms with Crippen LogP contribution < -0.4 is 10.6 Å². The maximum absolute atomic E-state index is 12.0. The number of hydrogen-bond donors (Lipinski definition) is 2. The summed E-state index contributed by atoms with van der Waals surface area (Å²) in [6.07, 6.45) is 0.490. The van der Waals surface area contributed by atoms with Crippen molar-refractivity contribution in [3.8, 4) is 0 Å². The number of para-hydroxylation sites is 1. The summed E-state index contributed by atoms with van der Waals surface area (Å²) < 4.78 is 0. The number of carbonyl (C=O) groups excluding carboxylic acids is 1. The lowest BCUT2D eigenvalue weighted by Crippen LogP contribution is -2.30. The molecule has 106 valence electrons. The maximum Gasteiger partial charge on any atom is 0.225 e. The van der Waals surface area contributed by atoms with Gasteiger partial charge in [0.25, 0.3) is 0 Å². The average Bonchev–Trinajstić information content (AvgIpc) is 2.31. The van der Waals surface area contributed by atoms with E-state index in [4.69, 9.17) is 0 Å². The summed E-state index contributed by atoms with van der Waals surface area (Å²) >= 11 is 0. The van der Waals surface area contributed by atoms with Gasteiger partial charge in [-0.3, -0.25) is 4.79 Å². The van der Waals surface area contributed by atoms with E-state index in [0.717, 1.165) is 24.3 Å². The fourth-order valence-corrected chi connectivity index (χ4v) is 2.02. The van der Waals surface area contributed by atoms with E-state index in [2.05, 4.69) is 15.5 Å². The number of nitrogens with one attached hydrogen (secondary N) is 2. The van der Waals surface area contributed by atoms with Gasteiger partial charge in [0.15, 0.2) is 0 Å². The van der Waals surface area contributed by atoms with Gasteiger partial charge in [0.05, 0.1) is 0 Å². The summed E-state index contributed by atoms with van der Waals surface area (Å²) in [6.45, 7) is 5.76. The van der Waals surface area contributed by atoms with Gasteiger partial charge in [-0.05, 0) is 39.2 Å². The predicted octanol–water partition coefficient (Wildman–Crippen LogP) is 2.07. The number of anilines is 1. The second-order valence-electron chi connectivity index (χ2n) is 5.11. The van der Waals surface area contributed by atoms with Crippen LogP contribution in [0.3, 0.4) is 0 Å². The molecule has 1 atom stereocenters. The highest BCUT2D eigenvalue weighted by Crippen LogP contribution is 2.16. The lowest BCUT2D eigenvalue weighted by atomic mass is 10.1. The SMILES string of the molecule is CCNC(C)CC(=O)Nc1ccccc1CN(C)C. The number of nitrogens with zero attached hydrogens (tertiary/aromatic N) is 1. The lowest BCUT2D eigenvalue weighted by Gasteiger charge is -2.16. The zero-order valence-electron chi connectivity index (χ0n) is 12.4. The minimum absolute atomic E-state index is 0.0552. The van der Waals surface area contributed by atoms with E-state index in [1.54, 1.807) is 0 Å². The number of carbonyl (C=O) groups is 1. The van der Waals surface area contributed by atoms with E-state index >= 15 is 0 Å². The van der Waals surface area contributed by atoms with Crippen molar-refractivity contribution in [1.29, 1.82) is 0 Å². The molecule has 0 spiro atoms. The van der Waals surface area contributed by atoms with Crippen LogP contribution >= 0.6 is 0 Å². The fourth-order valence-electron chi connectivity index (χ4n) is 2.02. The Morgan fingerprint density at radius 3 is 2.63 bits per heavy atom. The summed E-state index contributed by atoms with van der Waals surface area (Å²) in [6, 6.07) is 8.14. The van der Waals surface area contributed by atoms with Crippen LogP contribution in [0, 0.1) is 0 Å². The number of benzene rings is 1. The largest absolute Gasteiger partial charge is 0.326 e. The molecule has 2 N–H and O–H groups in total. The molecular weight excluding hydrogens is 238 g/mol. The molecule has 0 aliphatic carbocycles. The van der Waals surface area contributed by atoms with Crippen LogP contribution in [-0.4, -0.2) is 37.5 Å². The molecule has 19 heavy (non-hydrogen) atoms. The van der Waals surface area contributed by atoms with Gasteiger partial charge in [0.1, 0.15) is 0 Å². The van der Waals surface area contributed by atoms with E-state index < -0.39 is 0 Å². The van der Waals surface area contributed by atoms with Crippen molar-refractivity contribution in [2.24, 2.45) is 0 Å². The van der Waals surface area contributed by atoms with Gasteiger partial charge in [-0.15, -0.1) is 0 Å². The molecule has 1 rings (SSSR count). The summed E-state index contributed by atoms with van der Waals surface area (Å²) in [5, 5.41) is 6.24.